The van der Waals surface area contributed by atoms with Gasteiger partial charge in [-0.1, -0.05) is 0 Å². The Morgan fingerprint density at radius 2 is 1.56 bits per heavy atom. The van der Waals surface area contributed by atoms with Gasteiger partial charge in [0, 0.05) is 0 Å². The van der Waals surface area contributed by atoms with Crippen LogP contribution in [0, 0.1) is 0 Å². The lowest BCUT2D eigenvalue weighted by Crippen LogP contribution is -2.53. The van der Waals surface area contributed by atoms with Crippen LogP contribution in [0.5, 0.6) is 0 Å². The minimum absolute atomic E-state index is 0.122. The molecule has 0 aromatic rings. The average molecular weight is 289 g/mol. The summed E-state index contributed by atoms with van der Waals surface area (Å²) >= 11 is 0. The fourth-order valence-electron chi connectivity index (χ4n) is 0.973. The van der Waals surface area contributed by atoms with Gasteiger partial charge in [-0.05, 0) is 0 Å². The van der Waals surface area contributed by atoms with E-state index in [-0.39, 0.29) is 30.8 Å². The van der Waals surface area contributed by atoms with Crippen LogP contribution in [0.3, 0.4) is 0 Å². The van der Waals surface area contributed by atoms with Gasteiger partial charge in [-0.3, -0.25) is 8.67 Å². The molecular formula is C8H19NO8S. The molecular weight excluding hydrogens is 270 g/mol. The number of aliphatic hydroxyl groups excluding tert-OH is 3. The number of hydrogen-bond donors (Lipinski definition) is 3. The fourth-order valence-corrected chi connectivity index (χ4v) is 0.973. The van der Waals surface area contributed by atoms with Crippen LogP contribution in [0.15, 0.2) is 0 Å². The first-order valence-electron chi connectivity index (χ1n) is 4.88. The molecule has 9 nitrogen and oxygen atoms in total. The lowest BCUT2D eigenvalue weighted by molar-refractivity contribution is -0.836. The third kappa shape index (κ3) is 9.41. The molecule has 18 heavy (non-hydrogen) atoms. The summed E-state index contributed by atoms with van der Waals surface area (Å²) in [6.07, 6.45) is 0. The highest BCUT2D eigenvalue weighted by Crippen LogP contribution is 2.01. The Morgan fingerprint density at radius 3 is 1.72 bits per heavy atom. The second kappa shape index (κ2) is 9.33. The number of rotatable bonds is 6. The third-order valence-corrected chi connectivity index (χ3v) is 2.54. The van der Waals surface area contributed by atoms with Crippen molar-refractivity contribution in [3.05, 3.63) is 0 Å². The molecule has 110 valence electrons. The van der Waals surface area contributed by atoms with Gasteiger partial charge in [-0.15, -0.1) is 0 Å². The molecule has 0 aliphatic heterocycles. The van der Waals surface area contributed by atoms with Gasteiger partial charge in [0.05, 0.1) is 27.4 Å². The van der Waals surface area contributed by atoms with E-state index in [9.17, 15) is 17.8 Å². The van der Waals surface area contributed by atoms with Gasteiger partial charge in [0.15, 0.2) is 6.61 Å². The highest BCUT2D eigenvalue weighted by atomic mass is 32.3. The van der Waals surface area contributed by atoms with Crippen LogP contribution < -0.4 is 0 Å². The molecule has 0 unspecified atom stereocenters. The van der Waals surface area contributed by atoms with Crippen molar-refractivity contribution >= 4 is 16.3 Å². The second-order valence-corrected chi connectivity index (χ2v) is 4.57. The van der Waals surface area contributed by atoms with E-state index >= 15 is 0 Å². The first-order chi connectivity index (χ1) is 8.16. The molecule has 0 fully saturated rings. The van der Waals surface area contributed by atoms with Crippen LogP contribution in [0.1, 0.15) is 0 Å². The van der Waals surface area contributed by atoms with Crippen molar-refractivity contribution in [3.63, 3.8) is 0 Å². The molecule has 0 aromatic heterocycles. The molecule has 0 saturated carbocycles. The lowest BCUT2D eigenvalue weighted by Gasteiger charge is -2.29. The summed E-state index contributed by atoms with van der Waals surface area (Å²) in [6.45, 7) is -0.388. The molecule has 0 aliphatic rings. The van der Waals surface area contributed by atoms with Gasteiger partial charge in [0.25, 0.3) is 0 Å². The van der Waals surface area contributed by atoms with Gasteiger partial charge in [-0.2, -0.15) is 0 Å². The normalized spacial score (nSPS) is 11.7. The summed E-state index contributed by atoms with van der Waals surface area (Å²) in [5, 5.41) is 25.9. The molecule has 3 N–H and O–H groups in total. The van der Waals surface area contributed by atoms with Crippen molar-refractivity contribution < 1.29 is 41.8 Å². The average Bonchev–Trinajstić information content (AvgIpc) is 2.28. The molecule has 0 heterocycles. The number of carbonyl (C=O) groups excluding carboxylic acids is 1. The summed E-state index contributed by atoms with van der Waals surface area (Å²) in [4.78, 5) is 11.1. The molecule has 0 spiro atoms. The molecule has 0 atom stereocenters. The Morgan fingerprint density at radius 1 is 1.22 bits per heavy atom. The Balaban J connectivity index is 0. The highest BCUT2D eigenvalue weighted by molar-refractivity contribution is 7.80. The van der Waals surface area contributed by atoms with Crippen LogP contribution in [0.25, 0.3) is 0 Å². The van der Waals surface area contributed by atoms with Gasteiger partial charge in [0.1, 0.15) is 13.1 Å². The second-order valence-electron chi connectivity index (χ2n) is 3.42. The van der Waals surface area contributed by atoms with Gasteiger partial charge >= 0.3 is 5.91 Å². The minimum Gasteiger partial charge on any atom is -0.726 e. The van der Waals surface area contributed by atoms with E-state index in [1.807, 2.05) is 0 Å². The standard InChI is InChI=1S/C7H16NO4.CH4O4S/c1-8(2-4-9,3-5-10)7(12)6-11;1-5-6(2,3)4/h9-11H,2-6H2,1H3;1H3,(H,2,3,4)/q+1;/p-1. The molecule has 0 aromatic carbocycles. The minimum atomic E-state index is -4.41. The number of likely N-dealkylation sites (N-methyl/N-ethyl adjacent to an activating group) is 1. The van der Waals surface area contributed by atoms with E-state index < -0.39 is 22.9 Å². The van der Waals surface area contributed by atoms with Crippen molar-refractivity contribution in [2.24, 2.45) is 0 Å². The molecule has 10 heteroatoms. The van der Waals surface area contributed by atoms with Crippen molar-refractivity contribution in [3.8, 4) is 0 Å². The van der Waals surface area contributed by atoms with E-state index in [1.54, 1.807) is 7.05 Å². The summed E-state index contributed by atoms with van der Waals surface area (Å²) in [6, 6.07) is 0. The molecule has 0 rings (SSSR count). The van der Waals surface area contributed by atoms with E-state index in [0.717, 1.165) is 7.11 Å². The number of amides is 1. The van der Waals surface area contributed by atoms with Crippen LogP contribution >= 0.6 is 0 Å². The first-order valence-corrected chi connectivity index (χ1v) is 6.22. The summed E-state index contributed by atoms with van der Waals surface area (Å²) in [5.74, 6) is -0.391. The zero-order valence-corrected chi connectivity index (χ0v) is 11.1. The maximum absolute atomic E-state index is 11.1. The van der Waals surface area contributed by atoms with Gasteiger partial charge in [-0.25, -0.2) is 13.2 Å². The fraction of sp³-hybridized carbons (Fsp3) is 0.875. The smallest absolute Gasteiger partial charge is 0.339 e. The largest absolute Gasteiger partial charge is 0.726 e. The van der Waals surface area contributed by atoms with E-state index in [1.165, 1.54) is 0 Å². The molecule has 0 radical (unpaired) electrons. The topological polar surface area (TPSA) is 144 Å². The Bertz CT molecular complexity index is 322. The Kier molecular flexibility index (Phi) is 10.2. The third-order valence-electron chi connectivity index (χ3n) is 2.13. The van der Waals surface area contributed by atoms with Gasteiger partial charge < -0.3 is 19.9 Å². The van der Waals surface area contributed by atoms with Crippen LogP contribution in [-0.2, 0) is 19.4 Å². The van der Waals surface area contributed by atoms with E-state index in [4.69, 9.17) is 15.3 Å². The van der Waals surface area contributed by atoms with Crippen LogP contribution in [-0.4, -0.2) is 85.7 Å². The summed E-state index contributed by atoms with van der Waals surface area (Å²) < 4.78 is 30.9. The SMILES string of the molecule is COS(=O)(=O)[O-].C[N+](CCO)(CCO)C(=O)CO. The van der Waals surface area contributed by atoms with E-state index in [2.05, 4.69) is 4.18 Å². The van der Waals surface area contributed by atoms with Crippen LogP contribution in [0.2, 0.25) is 0 Å². The van der Waals surface area contributed by atoms with Crippen molar-refractivity contribution in [1.29, 1.82) is 0 Å². The number of hydrogen-bond acceptors (Lipinski definition) is 8. The zero-order valence-electron chi connectivity index (χ0n) is 10.3. The highest BCUT2D eigenvalue weighted by Gasteiger charge is 2.29. The van der Waals surface area contributed by atoms with Crippen molar-refractivity contribution in [2.45, 2.75) is 0 Å². The number of nitrogens with zero attached hydrogens (tertiary/aromatic N) is 1. The predicted molar refractivity (Wildman–Crippen MR) is 58.9 cm³/mol. The monoisotopic (exact) mass is 289 g/mol. The Hall–Kier alpha value is -0.620. The summed E-state index contributed by atoms with van der Waals surface area (Å²) in [5.41, 5.74) is 0. The lowest BCUT2D eigenvalue weighted by atomic mass is 10.3. The number of aliphatic hydroxyl groups is 3. The zero-order chi connectivity index (χ0) is 14.8. The van der Waals surface area contributed by atoms with Crippen molar-refractivity contribution in [2.75, 3.05) is 47.1 Å². The van der Waals surface area contributed by atoms with E-state index in [0.29, 0.717) is 0 Å². The number of carbonyl (C=O) groups is 1. The predicted octanol–water partition coefficient (Wildman–Crippen LogP) is -2.97. The first kappa shape index (κ1) is 19.7. The summed E-state index contributed by atoms with van der Waals surface area (Å²) in [7, 11) is -2.03. The van der Waals surface area contributed by atoms with Crippen LogP contribution in [0.4, 0.5) is 0 Å². The molecule has 1 amide bonds. The quantitative estimate of drug-likeness (QED) is 0.267. The Labute approximate surface area is 106 Å². The molecule has 0 bridgehead atoms. The van der Waals surface area contributed by atoms with Crippen molar-refractivity contribution in [1.82, 2.24) is 0 Å². The van der Waals surface area contributed by atoms with Gasteiger partial charge in [0.2, 0.25) is 10.4 Å². The number of quaternary nitrogens is 1. The molecule has 0 saturated heterocycles. The maximum Gasteiger partial charge on any atom is 0.339 e. The maximum atomic E-state index is 11.1. The molecule has 0 aliphatic carbocycles.